The first-order valence-electron chi connectivity index (χ1n) is 13.3. The molecule has 0 bridgehead atoms. The maximum atomic E-state index is 13.3. The molecular weight excluding hydrogens is 612 g/mol. The SMILES string of the molecule is CCc1nccc2sc(-c3c(C)nc(NCC(F)(F)F)nc3NC3C[C@H](CS(=O)(=O)c4ccc(F)cc4)[C@@H](O)[C@H]3O)nc12. The van der Waals surface area contributed by atoms with Crippen molar-refractivity contribution in [1.29, 1.82) is 0 Å². The number of sulfone groups is 1. The van der Waals surface area contributed by atoms with Gasteiger partial charge in [-0.25, -0.2) is 22.8 Å². The number of hydrogen-bond acceptors (Lipinski definition) is 11. The van der Waals surface area contributed by atoms with Gasteiger partial charge in [-0.2, -0.15) is 18.2 Å². The summed E-state index contributed by atoms with van der Waals surface area (Å²) in [4.78, 5) is 17.4. The van der Waals surface area contributed by atoms with E-state index in [1.54, 1.807) is 19.2 Å². The molecule has 4 atom stereocenters. The zero-order valence-corrected chi connectivity index (χ0v) is 24.6. The van der Waals surface area contributed by atoms with Gasteiger partial charge in [0.25, 0.3) is 0 Å². The summed E-state index contributed by atoms with van der Waals surface area (Å²) in [7, 11) is -3.94. The Hall–Kier alpha value is -3.47. The molecule has 4 N–H and O–H groups in total. The Kier molecular flexibility index (Phi) is 8.57. The number of alkyl halides is 3. The van der Waals surface area contributed by atoms with E-state index in [1.165, 1.54) is 11.3 Å². The van der Waals surface area contributed by atoms with Crippen LogP contribution < -0.4 is 10.6 Å². The zero-order valence-electron chi connectivity index (χ0n) is 22.9. The number of rotatable bonds is 9. The number of fused-ring (bicyclic) bond motifs is 1. The fourth-order valence-corrected chi connectivity index (χ4v) is 7.81. The molecule has 43 heavy (non-hydrogen) atoms. The summed E-state index contributed by atoms with van der Waals surface area (Å²) in [5.74, 6) is -2.29. The Morgan fingerprint density at radius 2 is 1.79 bits per heavy atom. The van der Waals surface area contributed by atoms with Crippen LogP contribution in [0, 0.1) is 18.7 Å². The second kappa shape index (κ2) is 11.9. The van der Waals surface area contributed by atoms with E-state index in [-0.39, 0.29) is 23.1 Å². The van der Waals surface area contributed by atoms with E-state index >= 15 is 0 Å². The fourth-order valence-electron chi connectivity index (χ4n) is 5.09. The van der Waals surface area contributed by atoms with E-state index in [4.69, 9.17) is 4.98 Å². The van der Waals surface area contributed by atoms with E-state index in [0.29, 0.717) is 28.2 Å². The Bertz CT molecular complexity index is 1730. The van der Waals surface area contributed by atoms with E-state index in [9.17, 15) is 36.2 Å². The molecule has 0 saturated heterocycles. The number of nitrogens with one attached hydrogen (secondary N) is 2. The van der Waals surface area contributed by atoms with Gasteiger partial charge in [0.15, 0.2) is 9.84 Å². The molecule has 10 nitrogen and oxygen atoms in total. The molecule has 1 aliphatic carbocycles. The molecule has 0 amide bonds. The molecule has 230 valence electrons. The number of hydrogen-bond donors (Lipinski definition) is 4. The maximum Gasteiger partial charge on any atom is 0.405 e. The van der Waals surface area contributed by atoms with Crippen molar-refractivity contribution in [2.45, 2.75) is 56.0 Å². The molecule has 1 aromatic carbocycles. The van der Waals surface area contributed by atoms with Gasteiger partial charge in [0.2, 0.25) is 5.95 Å². The van der Waals surface area contributed by atoms with Crippen LogP contribution in [0.5, 0.6) is 0 Å². The van der Waals surface area contributed by atoms with Crippen LogP contribution in [-0.4, -0.2) is 75.3 Å². The van der Waals surface area contributed by atoms with Crippen LogP contribution in [-0.2, 0) is 16.3 Å². The highest BCUT2D eigenvalue weighted by atomic mass is 32.2. The smallest absolute Gasteiger partial charge is 0.390 e. The summed E-state index contributed by atoms with van der Waals surface area (Å²) in [6.45, 7) is 2.14. The van der Waals surface area contributed by atoms with Gasteiger partial charge < -0.3 is 20.8 Å². The minimum atomic E-state index is -4.53. The monoisotopic (exact) mass is 640 g/mol. The Balaban J connectivity index is 1.48. The van der Waals surface area contributed by atoms with Crippen molar-refractivity contribution in [3.8, 4) is 10.6 Å². The van der Waals surface area contributed by atoms with E-state index in [0.717, 1.165) is 34.7 Å². The summed E-state index contributed by atoms with van der Waals surface area (Å²) in [5.41, 5.74) is 2.11. The largest absolute Gasteiger partial charge is 0.405 e. The van der Waals surface area contributed by atoms with Crippen molar-refractivity contribution in [1.82, 2.24) is 19.9 Å². The second-order valence-electron chi connectivity index (χ2n) is 10.3. The van der Waals surface area contributed by atoms with Crippen molar-refractivity contribution in [2.24, 2.45) is 5.92 Å². The summed E-state index contributed by atoms with van der Waals surface area (Å²) in [6.07, 6.45) is -5.14. The highest BCUT2D eigenvalue weighted by Crippen LogP contribution is 2.39. The summed E-state index contributed by atoms with van der Waals surface area (Å²) in [5, 5.41) is 27.3. The molecule has 0 radical (unpaired) electrons. The average molecular weight is 641 g/mol. The second-order valence-corrected chi connectivity index (χ2v) is 13.3. The first kappa shape index (κ1) is 31.0. The van der Waals surface area contributed by atoms with Gasteiger partial charge in [-0.05, 0) is 50.1 Å². The number of aryl methyl sites for hydroxylation is 2. The molecule has 16 heteroatoms. The molecule has 5 rings (SSSR count). The molecule has 1 fully saturated rings. The summed E-state index contributed by atoms with van der Waals surface area (Å²) in [6, 6.07) is 5.16. The normalized spacial score (nSPS) is 20.9. The van der Waals surface area contributed by atoms with Crippen LogP contribution in [0.3, 0.4) is 0 Å². The van der Waals surface area contributed by atoms with Crippen LogP contribution in [0.2, 0.25) is 0 Å². The van der Waals surface area contributed by atoms with Crippen molar-refractivity contribution < 1.29 is 36.2 Å². The number of aromatic nitrogens is 4. The Morgan fingerprint density at radius 1 is 1.07 bits per heavy atom. The first-order chi connectivity index (χ1) is 20.3. The van der Waals surface area contributed by atoms with E-state index < -0.39 is 58.3 Å². The molecule has 3 heterocycles. The van der Waals surface area contributed by atoms with Gasteiger partial charge in [-0.3, -0.25) is 4.98 Å². The van der Waals surface area contributed by atoms with Crippen LogP contribution in [0.1, 0.15) is 24.7 Å². The molecule has 3 aromatic heterocycles. The lowest BCUT2D eigenvalue weighted by Crippen LogP contribution is -2.36. The molecule has 1 aliphatic rings. The number of thiazole rings is 1. The minimum Gasteiger partial charge on any atom is -0.390 e. The van der Waals surface area contributed by atoms with Gasteiger partial charge in [-0.1, -0.05) is 6.92 Å². The first-order valence-corrected chi connectivity index (χ1v) is 15.8. The highest BCUT2D eigenvalue weighted by molar-refractivity contribution is 7.91. The Morgan fingerprint density at radius 3 is 2.47 bits per heavy atom. The minimum absolute atomic E-state index is 0.0136. The molecule has 0 spiro atoms. The topological polar surface area (TPSA) is 150 Å². The fraction of sp³-hybridized carbons (Fsp3) is 0.407. The van der Waals surface area contributed by atoms with Gasteiger partial charge in [0.05, 0.1) is 44.4 Å². The van der Waals surface area contributed by atoms with Crippen LogP contribution in [0.4, 0.5) is 29.3 Å². The zero-order chi connectivity index (χ0) is 31.1. The van der Waals surface area contributed by atoms with Crippen LogP contribution in [0.25, 0.3) is 20.8 Å². The molecule has 1 unspecified atom stereocenters. The number of anilines is 2. The quantitative estimate of drug-likeness (QED) is 0.155. The third-order valence-corrected chi connectivity index (χ3v) is 10.1. The average Bonchev–Trinajstić information content (AvgIpc) is 3.48. The lowest BCUT2D eigenvalue weighted by Gasteiger charge is -2.21. The van der Waals surface area contributed by atoms with Gasteiger partial charge >= 0.3 is 6.18 Å². The van der Waals surface area contributed by atoms with Crippen molar-refractivity contribution in [3.63, 3.8) is 0 Å². The Labute approximate surface area is 248 Å². The van der Waals surface area contributed by atoms with E-state index in [2.05, 4.69) is 25.6 Å². The predicted molar refractivity (Wildman–Crippen MR) is 153 cm³/mol. The van der Waals surface area contributed by atoms with Crippen molar-refractivity contribution in [2.75, 3.05) is 22.9 Å². The highest BCUT2D eigenvalue weighted by Gasteiger charge is 2.44. The van der Waals surface area contributed by atoms with Gasteiger partial charge in [0, 0.05) is 12.1 Å². The number of halogens is 4. The summed E-state index contributed by atoms with van der Waals surface area (Å²) >= 11 is 1.31. The number of aliphatic hydroxyl groups excluding tert-OH is 2. The van der Waals surface area contributed by atoms with Gasteiger partial charge in [0.1, 0.15) is 34.8 Å². The number of benzene rings is 1. The lowest BCUT2D eigenvalue weighted by atomic mass is 10.1. The third kappa shape index (κ3) is 6.71. The number of aliphatic hydroxyl groups is 2. The van der Waals surface area contributed by atoms with Crippen molar-refractivity contribution in [3.05, 3.63) is 53.7 Å². The van der Waals surface area contributed by atoms with Crippen LogP contribution >= 0.6 is 11.3 Å². The number of pyridine rings is 1. The van der Waals surface area contributed by atoms with Crippen LogP contribution in [0.15, 0.2) is 41.4 Å². The summed E-state index contributed by atoms with van der Waals surface area (Å²) < 4.78 is 78.9. The lowest BCUT2D eigenvalue weighted by molar-refractivity contribution is -0.115. The standard InChI is InChI=1S/C27H28F4N6O4S2/c1-3-17-21-19(8-9-32-17)42-25(36-21)20-13(2)34-26(33-12-27(29,30)31)37-24(20)35-18-10-14(22(38)23(18)39)11-43(40,41)16-6-4-15(28)5-7-16/h4-9,14,18,22-23,38-39H,3,10-12H2,1-2H3,(H2,33,34,35,37)/t14-,18?,22-,23+/m1/s1. The number of nitrogens with zero attached hydrogens (tertiary/aromatic N) is 4. The molecule has 4 aromatic rings. The molecule has 0 aliphatic heterocycles. The molecule has 1 saturated carbocycles. The van der Waals surface area contributed by atoms with Crippen molar-refractivity contribution >= 4 is 43.2 Å². The third-order valence-electron chi connectivity index (χ3n) is 7.20. The van der Waals surface area contributed by atoms with Gasteiger partial charge in [-0.15, -0.1) is 11.3 Å². The van der Waals surface area contributed by atoms with E-state index in [1.807, 2.05) is 6.92 Å². The predicted octanol–water partition coefficient (Wildman–Crippen LogP) is 4.13. The molecular formula is C27H28F4N6O4S2. The maximum absolute atomic E-state index is 13.3.